The average Bonchev–Trinajstić information content (AvgIpc) is 3.54. The summed E-state index contributed by atoms with van der Waals surface area (Å²) in [5.74, 6) is -0.445. The fourth-order valence-corrected chi connectivity index (χ4v) is 4.49. The van der Waals surface area contributed by atoms with E-state index in [2.05, 4.69) is 4.98 Å². The van der Waals surface area contributed by atoms with Crippen LogP contribution in [0.25, 0.3) is 5.76 Å². The molecule has 1 aliphatic rings. The number of ether oxygens (including phenoxy) is 4. The van der Waals surface area contributed by atoms with Gasteiger partial charge in [0.1, 0.15) is 18.1 Å². The third-order valence-corrected chi connectivity index (χ3v) is 6.30. The maximum absolute atomic E-state index is 13.7. The Morgan fingerprint density at radius 2 is 1.68 bits per heavy atom. The number of methoxy groups -OCH3 is 4. The lowest BCUT2D eigenvalue weighted by atomic mass is 9.94. The van der Waals surface area contributed by atoms with Crippen LogP contribution in [0.2, 0.25) is 0 Å². The van der Waals surface area contributed by atoms with Crippen molar-refractivity contribution in [2.45, 2.75) is 19.0 Å². The van der Waals surface area contributed by atoms with Crippen LogP contribution in [0.3, 0.4) is 0 Å². The van der Waals surface area contributed by atoms with Crippen LogP contribution in [0.15, 0.2) is 60.7 Å². The summed E-state index contributed by atoms with van der Waals surface area (Å²) in [6.45, 7) is 0.870. The molecule has 3 aromatic rings. The first-order chi connectivity index (χ1) is 17.9. The molecule has 194 valence electrons. The van der Waals surface area contributed by atoms with E-state index in [1.165, 1.54) is 33.3 Å². The number of hydrogen-bond acceptors (Lipinski definition) is 7. The number of nitrogens with zero attached hydrogens (tertiary/aromatic N) is 2. The number of H-pyrrole nitrogens is 1. The Morgan fingerprint density at radius 3 is 2.22 bits per heavy atom. The van der Waals surface area contributed by atoms with Gasteiger partial charge in [0.05, 0.1) is 41.0 Å². The number of Topliss-reactive ketones (excluding diaryl/α,β-unsaturated/α-hetero) is 1. The Morgan fingerprint density at radius 1 is 1.00 bits per heavy atom. The molecule has 2 heterocycles. The monoisotopic (exact) mass is 507 g/mol. The van der Waals surface area contributed by atoms with Crippen molar-refractivity contribution in [1.82, 2.24) is 9.88 Å². The van der Waals surface area contributed by atoms with Crippen LogP contribution in [-0.2, 0) is 16.1 Å². The average molecular weight is 508 g/mol. The highest BCUT2D eigenvalue weighted by Crippen LogP contribution is 2.45. The highest BCUT2D eigenvalue weighted by Gasteiger charge is 2.44. The zero-order valence-corrected chi connectivity index (χ0v) is 21.1. The van der Waals surface area contributed by atoms with Crippen LogP contribution in [0.1, 0.15) is 23.6 Å². The van der Waals surface area contributed by atoms with Gasteiger partial charge in [-0.1, -0.05) is 17.9 Å². The first-order valence-electron chi connectivity index (χ1n) is 11.7. The number of aryl methyl sites for hydroxylation is 1. The fourth-order valence-electron chi connectivity index (χ4n) is 4.49. The summed E-state index contributed by atoms with van der Waals surface area (Å²) in [7, 11) is 5.96. The minimum absolute atomic E-state index is 0.126. The SMILES string of the molecule is COc1ccc(C([O-])=C2C(=O)C(=O)N(CCC[n+]3cc[nH]c3)C2c2cc(OC)c(OC)c(OC)c2)cc1. The van der Waals surface area contributed by atoms with E-state index in [0.29, 0.717) is 41.5 Å². The van der Waals surface area contributed by atoms with E-state index in [1.54, 1.807) is 48.9 Å². The predicted octanol–water partition coefficient (Wildman–Crippen LogP) is 1.65. The van der Waals surface area contributed by atoms with Gasteiger partial charge in [-0.05, 0) is 35.4 Å². The first-order valence-corrected chi connectivity index (χ1v) is 11.7. The van der Waals surface area contributed by atoms with Crippen LogP contribution in [0, 0.1) is 0 Å². The van der Waals surface area contributed by atoms with E-state index >= 15 is 0 Å². The molecule has 1 fully saturated rings. The number of hydrogen-bond donors (Lipinski definition) is 1. The minimum atomic E-state index is -0.931. The van der Waals surface area contributed by atoms with Gasteiger partial charge >= 0.3 is 0 Å². The molecular formula is C27H29N3O7. The van der Waals surface area contributed by atoms with Crippen molar-refractivity contribution in [3.63, 3.8) is 0 Å². The molecule has 1 atom stereocenters. The van der Waals surface area contributed by atoms with Gasteiger partial charge in [-0.3, -0.25) is 14.6 Å². The summed E-state index contributed by atoms with van der Waals surface area (Å²) in [4.78, 5) is 30.9. The molecule has 1 amide bonds. The summed E-state index contributed by atoms with van der Waals surface area (Å²) >= 11 is 0. The smallest absolute Gasteiger partial charge is 0.295 e. The summed E-state index contributed by atoms with van der Waals surface area (Å²) in [5.41, 5.74) is 0.651. The van der Waals surface area contributed by atoms with Crippen LogP contribution in [-0.4, -0.2) is 56.6 Å². The summed E-state index contributed by atoms with van der Waals surface area (Å²) < 4.78 is 23.5. The number of likely N-dealkylation sites (tertiary alicyclic amines) is 1. The second kappa shape index (κ2) is 11.1. The number of ketones is 1. The molecule has 4 rings (SSSR count). The van der Waals surface area contributed by atoms with Crippen LogP contribution in [0.5, 0.6) is 23.0 Å². The van der Waals surface area contributed by atoms with Crippen molar-refractivity contribution < 1.29 is 38.2 Å². The molecular weight excluding hydrogens is 478 g/mol. The second-order valence-corrected chi connectivity index (χ2v) is 8.36. The number of nitrogens with one attached hydrogen (secondary N) is 1. The topological polar surface area (TPSA) is 117 Å². The lowest BCUT2D eigenvalue weighted by molar-refractivity contribution is -0.695. The van der Waals surface area contributed by atoms with Crippen molar-refractivity contribution in [2.75, 3.05) is 35.0 Å². The summed E-state index contributed by atoms with van der Waals surface area (Å²) in [6, 6.07) is 8.80. The Bertz CT molecular complexity index is 1280. The number of carbonyl (C=O) groups is 2. The number of amides is 1. The molecule has 0 saturated carbocycles. The first kappa shape index (κ1) is 25.6. The number of aromatic amines is 1. The lowest BCUT2D eigenvalue weighted by Crippen LogP contribution is -2.36. The normalized spacial score (nSPS) is 16.6. The predicted molar refractivity (Wildman–Crippen MR) is 131 cm³/mol. The van der Waals surface area contributed by atoms with Crippen molar-refractivity contribution >= 4 is 17.4 Å². The number of imidazole rings is 1. The van der Waals surface area contributed by atoms with Gasteiger partial charge in [0.25, 0.3) is 5.91 Å². The molecule has 37 heavy (non-hydrogen) atoms. The van der Waals surface area contributed by atoms with Crippen molar-refractivity contribution in [3.05, 3.63) is 71.8 Å². The molecule has 0 radical (unpaired) electrons. The van der Waals surface area contributed by atoms with Crippen LogP contribution in [0.4, 0.5) is 0 Å². The van der Waals surface area contributed by atoms with Gasteiger partial charge in [0.2, 0.25) is 17.9 Å². The number of carbonyl (C=O) groups excluding carboxylic acids is 2. The molecule has 10 heteroatoms. The highest BCUT2D eigenvalue weighted by molar-refractivity contribution is 6.46. The van der Waals surface area contributed by atoms with Gasteiger partial charge in [0.15, 0.2) is 11.5 Å². The van der Waals surface area contributed by atoms with E-state index in [9.17, 15) is 14.7 Å². The van der Waals surface area contributed by atoms with E-state index in [0.717, 1.165) is 0 Å². The van der Waals surface area contributed by atoms with Crippen molar-refractivity contribution in [1.29, 1.82) is 0 Å². The molecule has 1 aromatic heterocycles. The molecule has 1 aliphatic heterocycles. The Hall–Kier alpha value is -4.47. The van der Waals surface area contributed by atoms with E-state index in [4.69, 9.17) is 18.9 Å². The summed E-state index contributed by atoms with van der Waals surface area (Å²) in [5, 5.41) is 13.7. The van der Waals surface area contributed by atoms with Gasteiger partial charge in [0, 0.05) is 18.5 Å². The molecule has 0 spiro atoms. The van der Waals surface area contributed by atoms with Crippen LogP contribution < -0.4 is 28.6 Å². The van der Waals surface area contributed by atoms with Crippen LogP contribution >= 0.6 is 0 Å². The zero-order chi connectivity index (χ0) is 26.5. The minimum Gasteiger partial charge on any atom is -0.872 e. The van der Waals surface area contributed by atoms with Gasteiger partial charge in [-0.25, -0.2) is 4.57 Å². The standard InChI is InChI=1S/C27H29N3O7/c1-34-19-8-6-17(7-9-19)24(31)22-23(18-14-20(35-2)26(37-4)21(15-18)36-3)30(27(33)25(22)32)12-5-11-29-13-10-28-16-29/h6-10,13-16,23H,5,11-12H2,1-4H3,(H,31,32). The third-order valence-electron chi connectivity index (χ3n) is 6.30. The molecule has 10 nitrogen and oxygen atoms in total. The second-order valence-electron chi connectivity index (χ2n) is 8.36. The Balaban J connectivity index is 1.82. The lowest BCUT2D eigenvalue weighted by Gasteiger charge is -2.28. The quantitative estimate of drug-likeness (QED) is 0.192. The summed E-state index contributed by atoms with van der Waals surface area (Å²) in [6.07, 6.45) is 6.03. The van der Waals surface area contributed by atoms with Gasteiger partial charge in [-0.15, -0.1) is 0 Å². The molecule has 1 N–H and O–H groups in total. The number of rotatable bonds is 10. The zero-order valence-electron chi connectivity index (χ0n) is 21.1. The highest BCUT2D eigenvalue weighted by atomic mass is 16.5. The third kappa shape index (κ3) is 4.95. The molecule has 1 saturated heterocycles. The molecule has 2 aromatic carbocycles. The maximum atomic E-state index is 13.7. The largest absolute Gasteiger partial charge is 0.872 e. The van der Waals surface area contributed by atoms with E-state index in [1.807, 2.05) is 10.8 Å². The molecule has 0 bridgehead atoms. The van der Waals surface area contributed by atoms with E-state index < -0.39 is 23.5 Å². The van der Waals surface area contributed by atoms with Gasteiger partial charge in [-0.2, -0.15) is 0 Å². The Kier molecular flexibility index (Phi) is 7.66. The van der Waals surface area contributed by atoms with Gasteiger partial charge < -0.3 is 29.0 Å². The maximum Gasteiger partial charge on any atom is 0.295 e. The molecule has 1 unspecified atom stereocenters. The van der Waals surface area contributed by atoms with E-state index in [-0.39, 0.29) is 17.7 Å². The Labute approximate surface area is 214 Å². The van der Waals surface area contributed by atoms with Crippen molar-refractivity contribution in [3.8, 4) is 23.0 Å². The number of benzene rings is 2. The number of aromatic nitrogens is 2. The van der Waals surface area contributed by atoms with Crippen molar-refractivity contribution in [2.24, 2.45) is 0 Å². The fraction of sp³-hybridized carbons (Fsp3) is 0.296. The molecule has 0 aliphatic carbocycles.